The van der Waals surface area contributed by atoms with Crippen molar-refractivity contribution in [1.82, 2.24) is 0 Å². The molecular weight excluding hydrogens is 260 g/mol. The van der Waals surface area contributed by atoms with Crippen LogP contribution in [-0.4, -0.2) is 14.7 Å². The van der Waals surface area contributed by atoms with Crippen LogP contribution in [0.4, 0.5) is 17.6 Å². The van der Waals surface area contributed by atoms with E-state index in [9.17, 15) is 26.0 Å². The van der Waals surface area contributed by atoms with Crippen LogP contribution in [-0.2, 0) is 16.3 Å². The lowest BCUT2D eigenvalue weighted by atomic mass is 10.1. The maximum atomic E-state index is 13.4. The highest BCUT2D eigenvalue weighted by Gasteiger charge is 2.30. The van der Waals surface area contributed by atoms with E-state index in [1.807, 2.05) is 0 Å². The van der Waals surface area contributed by atoms with Gasteiger partial charge in [-0.3, -0.25) is 0 Å². The van der Waals surface area contributed by atoms with Gasteiger partial charge in [0.05, 0.1) is 0 Å². The molecule has 0 fully saturated rings. The summed E-state index contributed by atoms with van der Waals surface area (Å²) in [6, 6.07) is 0. The average Bonchev–Trinajstić information content (AvgIpc) is 2.20. The Labute approximate surface area is 96.2 Å². The molecule has 0 radical (unpaired) electrons. The summed E-state index contributed by atoms with van der Waals surface area (Å²) in [5, 5.41) is 0. The zero-order chi connectivity index (χ0) is 13.4. The highest BCUT2D eigenvalue weighted by atomic mass is 32.2. The predicted octanol–water partition coefficient (Wildman–Crippen LogP) is 2.60. The highest BCUT2D eigenvalue weighted by molar-refractivity contribution is 7.90. The molecule has 0 aliphatic rings. The van der Waals surface area contributed by atoms with Gasteiger partial charge in [0.1, 0.15) is 4.90 Å². The maximum Gasteiger partial charge on any atom is 0.181 e. The first-order valence-electron chi connectivity index (χ1n) is 4.76. The molecule has 17 heavy (non-hydrogen) atoms. The van der Waals surface area contributed by atoms with E-state index >= 15 is 0 Å². The molecule has 1 aromatic carbocycles. The molecule has 0 heterocycles. The van der Waals surface area contributed by atoms with E-state index in [0.29, 0.717) is 6.26 Å². The summed E-state index contributed by atoms with van der Waals surface area (Å²) in [5.74, 6) is -7.03. The fraction of sp³-hybridized carbons (Fsp3) is 0.400. The molecule has 1 rings (SSSR count). The first kappa shape index (κ1) is 14.0. The van der Waals surface area contributed by atoms with E-state index in [1.54, 1.807) is 6.92 Å². The summed E-state index contributed by atoms with van der Waals surface area (Å²) in [4.78, 5) is -1.56. The molecule has 0 unspecified atom stereocenters. The molecule has 0 atom stereocenters. The van der Waals surface area contributed by atoms with Crippen molar-refractivity contribution >= 4 is 9.84 Å². The molecule has 0 N–H and O–H groups in total. The third kappa shape index (κ3) is 2.43. The first-order chi connectivity index (χ1) is 7.71. The number of rotatable bonds is 3. The van der Waals surface area contributed by atoms with Gasteiger partial charge in [-0.05, 0) is 6.42 Å². The van der Waals surface area contributed by atoms with Gasteiger partial charge < -0.3 is 0 Å². The van der Waals surface area contributed by atoms with Gasteiger partial charge in [0.15, 0.2) is 33.1 Å². The van der Waals surface area contributed by atoms with Gasteiger partial charge in [0, 0.05) is 11.8 Å². The van der Waals surface area contributed by atoms with Gasteiger partial charge >= 0.3 is 0 Å². The second kappa shape index (κ2) is 4.64. The van der Waals surface area contributed by atoms with Gasteiger partial charge in [-0.1, -0.05) is 13.3 Å². The van der Waals surface area contributed by atoms with Crippen LogP contribution < -0.4 is 0 Å². The molecular formula is C10H10F4O2S. The smallest absolute Gasteiger partial charge is 0.181 e. The summed E-state index contributed by atoms with van der Waals surface area (Å²) < 4.78 is 75.5. The normalized spacial score (nSPS) is 11.9. The molecule has 0 amide bonds. The molecule has 0 aromatic heterocycles. The van der Waals surface area contributed by atoms with Crippen molar-refractivity contribution in [3.05, 3.63) is 28.8 Å². The highest BCUT2D eigenvalue weighted by Crippen LogP contribution is 2.28. The van der Waals surface area contributed by atoms with E-state index < -0.39 is 43.6 Å². The molecule has 0 spiro atoms. The molecule has 2 nitrogen and oxygen atoms in total. The minimum atomic E-state index is -4.37. The topological polar surface area (TPSA) is 34.1 Å². The summed E-state index contributed by atoms with van der Waals surface area (Å²) in [6.45, 7) is 1.57. The standard InChI is InChI=1S/C10H10F4O2S/c1-3-4-5-6(11)8(13)10(17(2,15)16)9(14)7(5)12/h3-4H2,1-2H3. The Bertz CT molecular complexity index is 523. The van der Waals surface area contributed by atoms with Crippen LogP contribution in [0.25, 0.3) is 0 Å². The first-order valence-corrected chi connectivity index (χ1v) is 6.65. The van der Waals surface area contributed by atoms with Gasteiger partial charge in [-0.2, -0.15) is 0 Å². The third-order valence-electron chi connectivity index (χ3n) is 2.18. The molecule has 0 bridgehead atoms. The Morgan fingerprint density at radius 3 is 1.65 bits per heavy atom. The number of hydrogen-bond donors (Lipinski definition) is 0. The fourth-order valence-corrected chi connectivity index (χ4v) is 2.28. The number of benzene rings is 1. The molecule has 0 saturated carbocycles. The van der Waals surface area contributed by atoms with Crippen molar-refractivity contribution in [2.24, 2.45) is 0 Å². The lowest BCUT2D eigenvalue weighted by Crippen LogP contribution is -2.12. The predicted molar refractivity (Wildman–Crippen MR) is 53.4 cm³/mol. The van der Waals surface area contributed by atoms with Crippen LogP contribution in [0.1, 0.15) is 18.9 Å². The molecule has 0 aliphatic heterocycles. The Balaban J connectivity index is 3.71. The Kier molecular flexibility index (Phi) is 3.81. The quantitative estimate of drug-likeness (QED) is 0.625. The van der Waals surface area contributed by atoms with E-state index in [0.717, 1.165) is 0 Å². The Hall–Kier alpha value is -1.11. The van der Waals surface area contributed by atoms with Crippen LogP contribution in [0, 0.1) is 23.3 Å². The van der Waals surface area contributed by atoms with E-state index in [4.69, 9.17) is 0 Å². The van der Waals surface area contributed by atoms with Crippen LogP contribution in [0.15, 0.2) is 4.90 Å². The molecule has 7 heteroatoms. The minimum Gasteiger partial charge on any atom is -0.224 e. The monoisotopic (exact) mass is 270 g/mol. The van der Waals surface area contributed by atoms with Crippen LogP contribution in [0.2, 0.25) is 0 Å². The van der Waals surface area contributed by atoms with Crippen molar-refractivity contribution in [2.75, 3.05) is 6.26 Å². The summed E-state index contributed by atoms with van der Waals surface area (Å²) >= 11 is 0. The van der Waals surface area contributed by atoms with Crippen molar-refractivity contribution in [2.45, 2.75) is 24.7 Å². The van der Waals surface area contributed by atoms with Crippen LogP contribution >= 0.6 is 0 Å². The van der Waals surface area contributed by atoms with E-state index in [1.165, 1.54) is 0 Å². The van der Waals surface area contributed by atoms with Gasteiger partial charge in [0.2, 0.25) is 0 Å². The van der Waals surface area contributed by atoms with Crippen LogP contribution in [0.5, 0.6) is 0 Å². The largest absolute Gasteiger partial charge is 0.224 e. The average molecular weight is 270 g/mol. The summed E-state index contributed by atoms with van der Waals surface area (Å²) in [6.07, 6.45) is 0.535. The van der Waals surface area contributed by atoms with Crippen LogP contribution in [0.3, 0.4) is 0 Å². The second-order valence-electron chi connectivity index (χ2n) is 3.59. The van der Waals surface area contributed by atoms with Crippen molar-refractivity contribution in [3.8, 4) is 0 Å². The number of hydrogen-bond acceptors (Lipinski definition) is 2. The maximum absolute atomic E-state index is 13.4. The van der Waals surface area contributed by atoms with E-state index in [2.05, 4.69) is 0 Å². The van der Waals surface area contributed by atoms with Crippen molar-refractivity contribution in [3.63, 3.8) is 0 Å². The molecule has 1 aromatic rings. The zero-order valence-electron chi connectivity index (χ0n) is 9.15. The number of sulfone groups is 1. The van der Waals surface area contributed by atoms with Crippen molar-refractivity contribution < 1.29 is 26.0 Å². The summed E-state index contributed by atoms with van der Waals surface area (Å²) in [7, 11) is -4.37. The minimum absolute atomic E-state index is 0.213. The van der Waals surface area contributed by atoms with Crippen molar-refractivity contribution in [1.29, 1.82) is 0 Å². The van der Waals surface area contributed by atoms with Gasteiger partial charge in [-0.25, -0.2) is 26.0 Å². The fourth-order valence-electron chi connectivity index (χ4n) is 1.45. The van der Waals surface area contributed by atoms with Gasteiger partial charge in [-0.15, -0.1) is 0 Å². The molecule has 96 valence electrons. The van der Waals surface area contributed by atoms with Gasteiger partial charge in [0.25, 0.3) is 0 Å². The SMILES string of the molecule is CCCc1c(F)c(F)c(S(C)(=O)=O)c(F)c1F. The molecule has 0 aliphatic carbocycles. The lowest BCUT2D eigenvalue weighted by molar-refractivity contribution is 0.407. The second-order valence-corrected chi connectivity index (χ2v) is 5.54. The Morgan fingerprint density at radius 2 is 1.35 bits per heavy atom. The molecule has 0 saturated heterocycles. The third-order valence-corrected chi connectivity index (χ3v) is 3.28. The zero-order valence-corrected chi connectivity index (χ0v) is 9.97. The lowest BCUT2D eigenvalue weighted by Gasteiger charge is -2.09. The Morgan fingerprint density at radius 1 is 0.941 bits per heavy atom. The number of halogens is 4. The van der Waals surface area contributed by atoms with E-state index in [-0.39, 0.29) is 12.8 Å². The summed E-state index contributed by atoms with van der Waals surface area (Å²) in [5.41, 5.74) is -0.769.